The molecular formula is C8H20CdN2O6Se2. The number of hydrogen-bond acceptors (Lipinski definition) is 8. The van der Waals surface area contributed by atoms with E-state index in [1.54, 1.807) is 38.0 Å². The van der Waals surface area contributed by atoms with E-state index in [9.17, 15) is 23.7 Å². The molecule has 0 rings (SSSR count). The quantitative estimate of drug-likeness (QED) is 0.357. The maximum atomic E-state index is 10.0. The molecular weight excluding hydrogens is 490 g/mol. The minimum atomic E-state index is -4.67. The van der Waals surface area contributed by atoms with Crippen LogP contribution in [-0.2, 0) is 42.6 Å². The normalized spacial score (nSPS) is 11.8. The SMILES string of the molecule is CN(C)CC[Se](=O)(=O)[O-].CN(C)CC[Se](=O)(=O)[O-].[Cd+2]. The summed E-state index contributed by atoms with van der Waals surface area (Å²) in [7, 11) is 6.90. The van der Waals surface area contributed by atoms with Gasteiger partial charge in [0.1, 0.15) is 0 Å². The zero-order valence-electron chi connectivity index (χ0n) is 11.7. The Hall–Kier alpha value is 1.00. The van der Waals surface area contributed by atoms with Crippen molar-refractivity contribution in [1.82, 2.24) is 9.80 Å². The molecule has 8 nitrogen and oxygen atoms in total. The second-order valence-electron chi connectivity index (χ2n) is 4.13. The summed E-state index contributed by atoms with van der Waals surface area (Å²) in [5, 5.41) is -0.465. The molecule has 0 atom stereocenters. The molecule has 11 heteroatoms. The van der Waals surface area contributed by atoms with Crippen LogP contribution in [0.3, 0.4) is 0 Å². The van der Waals surface area contributed by atoms with Gasteiger partial charge < -0.3 is 0 Å². The van der Waals surface area contributed by atoms with Gasteiger partial charge in [-0.2, -0.15) is 0 Å². The largest absolute Gasteiger partial charge is 2.00 e. The van der Waals surface area contributed by atoms with Crippen LogP contribution in [0.15, 0.2) is 0 Å². The Morgan fingerprint density at radius 3 is 1.00 bits per heavy atom. The summed E-state index contributed by atoms with van der Waals surface area (Å²) in [6, 6.07) is 0. The monoisotopic (exact) mass is 514 g/mol. The topological polar surface area (TPSA) is 121 Å². The molecule has 0 saturated carbocycles. The van der Waals surface area contributed by atoms with Crippen molar-refractivity contribution in [3.8, 4) is 0 Å². The molecule has 0 saturated heterocycles. The predicted octanol–water partition coefficient (Wildman–Crippen LogP) is -2.59. The second-order valence-corrected chi connectivity index (χ2v) is 10.5. The molecule has 19 heavy (non-hydrogen) atoms. The summed E-state index contributed by atoms with van der Waals surface area (Å²) in [6.07, 6.45) is 0. The standard InChI is InChI=1S/2C4H11NO3Se.Cd/c2*1-5(2)3-4-9(6,7)8;/h2*3-4H2,1-2H3,(H,6,7,8);/q;;+2/p-2. The molecule has 0 radical (unpaired) electrons. The molecule has 0 spiro atoms. The van der Waals surface area contributed by atoms with E-state index in [0.717, 1.165) is 0 Å². The van der Waals surface area contributed by atoms with E-state index in [1.165, 1.54) is 0 Å². The van der Waals surface area contributed by atoms with Gasteiger partial charge in [-0.3, -0.25) is 0 Å². The van der Waals surface area contributed by atoms with Crippen molar-refractivity contribution in [3.63, 3.8) is 0 Å². The van der Waals surface area contributed by atoms with Crippen LogP contribution in [0.2, 0.25) is 10.6 Å². The zero-order valence-corrected chi connectivity index (χ0v) is 19.2. The maximum absolute atomic E-state index is 10.0. The Balaban J connectivity index is -0.000000256. The summed E-state index contributed by atoms with van der Waals surface area (Å²) in [5.74, 6) is 0. The molecule has 0 heterocycles. The van der Waals surface area contributed by atoms with Gasteiger partial charge >= 0.3 is 139 Å². The molecule has 0 aliphatic carbocycles. The van der Waals surface area contributed by atoms with Gasteiger partial charge in [0.05, 0.1) is 0 Å². The van der Waals surface area contributed by atoms with Gasteiger partial charge in [-0.25, -0.2) is 0 Å². The van der Waals surface area contributed by atoms with Crippen LogP contribution in [-0.4, -0.2) is 77.2 Å². The molecule has 0 unspecified atom stereocenters. The van der Waals surface area contributed by atoms with Crippen LogP contribution in [0.1, 0.15) is 0 Å². The first-order valence-electron chi connectivity index (χ1n) is 5.00. The Morgan fingerprint density at radius 2 is 0.947 bits per heavy atom. The molecule has 0 aromatic carbocycles. The van der Waals surface area contributed by atoms with Gasteiger partial charge in [0.2, 0.25) is 0 Å². The smallest absolute Gasteiger partial charge is 2.00 e. The molecule has 0 fully saturated rings. The fourth-order valence-corrected chi connectivity index (χ4v) is 3.06. The van der Waals surface area contributed by atoms with Crippen molar-refractivity contribution >= 4 is 26.1 Å². The van der Waals surface area contributed by atoms with Crippen LogP contribution in [0.4, 0.5) is 0 Å². The van der Waals surface area contributed by atoms with Crippen molar-refractivity contribution < 1.29 is 51.0 Å². The third-order valence-electron chi connectivity index (χ3n) is 1.58. The number of nitrogens with zero attached hydrogens (tertiary/aromatic N) is 2. The first-order valence-corrected chi connectivity index (χ1v) is 11.6. The third-order valence-corrected chi connectivity index (χ3v) is 4.44. The van der Waals surface area contributed by atoms with E-state index in [4.69, 9.17) is 0 Å². The third kappa shape index (κ3) is 32.5. The average molecular weight is 511 g/mol. The van der Waals surface area contributed by atoms with Crippen LogP contribution in [0, 0.1) is 0 Å². The Morgan fingerprint density at radius 1 is 0.737 bits per heavy atom. The van der Waals surface area contributed by atoms with Crippen molar-refractivity contribution in [3.05, 3.63) is 0 Å². The van der Waals surface area contributed by atoms with Gasteiger partial charge in [-0.05, 0) is 0 Å². The molecule has 0 N–H and O–H groups in total. The van der Waals surface area contributed by atoms with Crippen LogP contribution in [0.25, 0.3) is 0 Å². The van der Waals surface area contributed by atoms with Crippen LogP contribution >= 0.6 is 0 Å². The first kappa shape index (κ1) is 25.0. The molecule has 0 aliphatic rings. The van der Waals surface area contributed by atoms with E-state index < -0.39 is 26.1 Å². The number of hydrogen-bond donors (Lipinski definition) is 0. The van der Waals surface area contributed by atoms with Gasteiger partial charge in [-0.15, -0.1) is 0 Å². The Kier molecular flexibility index (Phi) is 15.3. The molecule has 0 aromatic rings. The van der Waals surface area contributed by atoms with Crippen molar-refractivity contribution in [2.24, 2.45) is 0 Å². The van der Waals surface area contributed by atoms with Gasteiger partial charge in [0.15, 0.2) is 0 Å². The summed E-state index contributed by atoms with van der Waals surface area (Å²) in [5.41, 5.74) is 0. The van der Waals surface area contributed by atoms with Crippen molar-refractivity contribution in [1.29, 1.82) is 0 Å². The van der Waals surface area contributed by atoms with E-state index in [1.807, 2.05) is 0 Å². The van der Waals surface area contributed by atoms with E-state index >= 15 is 0 Å². The van der Waals surface area contributed by atoms with Gasteiger partial charge in [-0.1, -0.05) is 0 Å². The predicted molar refractivity (Wildman–Crippen MR) is 61.0 cm³/mol. The van der Waals surface area contributed by atoms with Gasteiger partial charge in [0, 0.05) is 0 Å². The fourth-order valence-electron chi connectivity index (χ4n) is 0.589. The molecule has 0 aliphatic heterocycles. The minimum Gasteiger partial charge on any atom is 2.00 e. The zero-order chi connectivity index (χ0) is 15.0. The summed E-state index contributed by atoms with van der Waals surface area (Å²) in [6.45, 7) is 0.660. The minimum absolute atomic E-state index is 0. The van der Waals surface area contributed by atoms with Gasteiger partial charge in [0.25, 0.3) is 0 Å². The van der Waals surface area contributed by atoms with Crippen LogP contribution in [0.5, 0.6) is 0 Å². The molecule has 0 aromatic heterocycles. The Labute approximate surface area is 138 Å². The average Bonchev–Trinajstić information content (AvgIpc) is 2.10. The maximum Gasteiger partial charge on any atom is 2.00 e. The van der Waals surface area contributed by atoms with E-state index in [0.29, 0.717) is 13.1 Å². The Bertz CT molecular complexity index is 367. The number of rotatable bonds is 6. The van der Waals surface area contributed by atoms with Crippen molar-refractivity contribution in [2.45, 2.75) is 10.6 Å². The van der Waals surface area contributed by atoms with Crippen molar-refractivity contribution in [2.75, 3.05) is 41.3 Å². The van der Waals surface area contributed by atoms with Crippen LogP contribution < -0.4 is 8.38 Å². The summed E-state index contributed by atoms with van der Waals surface area (Å²) >= 11 is -9.34. The molecule has 112 valence electrons. The molecule has 0 amide bonds. The first-order chi connectivity index (χ1) is 7.83. The second kappa shape index (κ2) is 11.6. The summed E-state index contributed by atoms with van der Waals surface area (Å²) < 4.78 is 60.2. The molecule has 0 bridgehead atoms. The van der Waals surface area contributed by atoms with E-state index in [2.05, 4.69) is 0 Å². The van der Waals surface area contributed by atoms with E-state index in [-0.39, 0.29) is 37.9 Å². The fraction of sp³-hybridized carbons (Fsp3) is 1.00. The summed E-state index contributed by atoms with van der Waals surface area (Å²) in [4.78, 5) is 3.33.